The molecule has 0 fully saturated rings. The number of amides is 1. The molecule has 1 aliphatic heterocycles. The Labute approximate surface area is 161 Å². The van der Waals surface area contributed by atoms with Gasteiger partial charge in [-0.1, -0.05) is 18.2 Å². The van der Waals surface area contributed by atoms with Crippen LogP contribution in [0, 0.1) is 0 Å². The highest BCUT2D eigenvalue weighted by atomic mass is 32.2. The molecular weight excluding hydrogens is 382 g/mol. The van der Waals surface area contributed by atoms with E-state index in [0.717, 1.165) is 0 Å². The predicted octanol–water partition coefficient (Wildman–Crippen LogP) is 2.95. The third-order valence-electron chi connectivity index (χ3n) is 4.39. The summed E-state index contributed by atoms with van der Waals surface area (Å²) in [5.74, 6) is 0.738. The summed E-state index contributed by atoms with van der Waals surface area (Å²) in [6.45, 7) is -0.0917. The number of hydrogen-bond acceptors (Lipinski definition) is 6. The lowest BCUT2D eigenvalue weighted by molar-refractivity contribution is 0.0953. The molecule has 4 rings (SSSR count). The maximum Gasteiger partial charge on any atom is 0.251 e. The van der Waals surface area contributed by atoms with Gasteiger partial charge in [0.2, 0.25) is 6.79 Å². The quantitative estimate of drug-likeness (QED) is 0.685. The average Bonchev–Trinajstić information content (AvgIpc) is 3.40. The lowest BCUT2D eigenvalue weighted by Gasteiger charge is -2.17. The number of hydrogen-bond donors (Lipinski definition) is 1. The van der Waals surface area contributed by atoms with Crippen LogP contribution in [-0.2, 0) is 9.84 Å². The van der Waals surface area contributed by atoms with Crippen molar-refractivity contribution in [1.82, 2.24) is 5.32 Å². The van der Waals surface area contributed by atoms with E-state index in [-0.39, 0.29) is 29.9 Å². The van der Waals surface area contributed by atoms with Crippen LogP contribution in [0.3, 0.4) is 0 Å². The standard InChI is InChI=1S/C20H17NO6S/c22-20(14-5-2-1-3-6-14)21-12-19(17-7-4-10-25-17)28(23,24)15-8-9-16-18(11-15)27-13-26-16/h1-11,19H,12-13H2,(H,21,22)/t19-/m0/s1. The Hall–Kier alpha value is -3.26. The number of nitrogens with one attached hydrogen (secondary N) is 1. The Kier molecular flexibility index (Phi) is 4.79. The summed E-state index contributed by atoms with van der Waals surface area (Å²) >= 11 is 0. The van der Waals surface area contributed by atoms with Gasteiger partial charge in [0.05, 0.1) is 11.2 Å². The first kappa shape index (κ1) is 18.1. The molecule has 1 aliphatic rings. The molecule has 1 N–H and O–H groups in total. The normalized spacial score (nSPS) is 13.9. The first-order valence-corrected chi connectivity index (χ1v) is 10.1. The minimum Gasteiger partial charge on any atom is -0.468 e. The smallest absolute Gasteiger partial charge is 0.251 e. The van der Waals surface area contributed by atoms with Crippen molar-refractivity contribution in [1.29, 1.82) is 0 Å². The Morgan fingerprint density at radius 1 is 1.00 bits per heavy atom. The molecule has 2 aromatic carbocycles. The van der Waals surface area contributed by atoms with Crippen molar-refractivity contribution in [3.05, 3.63) is 78.3 Å². The summed E-state index contributed by atoms with van der Waals surface area (Å²) < 4.78 is 42.4. The minimum absolute atomic E-state index is 0.0492. The molecule has 0 spiro atoms. The summed E-state index contributed by atoms with van der Waals surface area (Å²) in [6, 6.07) is 16.2. The van der Waals surface area contributed by atoms with E-state index in [1.165, 1.54) is 18.4 Å². The molecule has 1 atom stereocenters. The van der Waals surface area contributed by atoms with Gasteiger partial charge in [0.25, 0.3) is 5.91 Å². The maximum atomic E-state index is 13.3. The fourth-order valence-corrected chi connectivity index (χ4v) is 4.53. The zero-order valence-corrected chi connectivity index (χ0v) is 15.5. The fraction of sp³-hybridized carbons (Fsp3) is 0.150. The first-order chi connectivity index (χ1) is 13.6. The van der Waals surface area contributed by atoms with Gasteiger partial charge < -0.3 is 19.2 Å². The van der Waals surface area contributed by atoms with E-state index in [4.69, 9.17) is 13.9 Å². The van der Waals surface area contributed by atoms with Crippen LogP contribution < -0.4 is 14.8 Å². The topological polar surface area (TPSA) is 94.8 Å². The van der Waals surface area contributed by atoms with Gasteiger partial charge in [-0.05, 0) is 36.4 Å². The van der Waals surface area contributed by atoms with E-state index in [2.05, 4.69) is 5.32 Å². The lowest BCUT2D eigenvalue weighted by Crippen LogP contribution is -2.31. The number of carbonyl (C=O) groups excluding carboxylic acids is 1. The monoisotopic (exact) mass is 399 g/mol. The van der Waals surface area contributed by atoms with Gasteiger partial charge >= 0.3 is 0 Å². The van der Waals surface area contributed by atoms with Crippen LogP contribution in [0.4, 0.5) is 0 Å². The summed E-state index contributed by atoms with van der Waals surface area (Å²) in [5, 5.41) is 1.59. The highest BCUT2D eigenvalue weighted by Crippen LogP contribution is 2.37. The van der Waals surface area contributed by atoms with Crippen molar-refractivity contribution in [2.24, 2.45) is 0 Å². The second-order valence-corrected chi connectivity index (χ2v) is 8.27. The molecule has 2 heterocycles. The third-order valence-corrected chi connectivity index (χ3v) is 6.45. The second-order valence-electron chi connectivity index (χ2n) is 6.14. The van der Waals surface area contributed by atoms with E-state index >= 15 is 0 Å². The second kappa shape index (κ2) is 7.40. The number of carbonyl (C=O) groups is 1. The van der Waals surface area contributed by atoms with Crippen LogP contribution in [0.25, 0.3) is 0 Å². The fourth-order valence-electron chi connectivity index (χ4n) is 2.93. The van der Waals surface area contributed by atoms with Gasteiger partial charge in [0, 0.05) is 18.2 Å². The van der Waals surface area contributed by atoms with Crippen LogP contribution in [-0.4, -0.2) is 27.7 Å². The summed E-state index contributed by atoms with van der Waals surface area (Å²) in [5.41, 5.74) is 0.446. The van der Waals surface area contributed by atoms with Gasteiger partial charge in [0.1, 0.15) is 11.0 Å². The highest BCUT2D eigenvalue weighted by Gasteiger charge is 2.33. The molecule has 0 saturated carbocycles. The molecule has 28 heavy (non-hydrogen) atoms. The van der Waals surface area contributed by atoms with Crippen molar-refractivity contribution in [2.45, 2.75) is 10.1 Å². The molecule has 144 valence electrons. The van der Waals surface area contributed by atoms with Crippen molar-refractivity contribution < 1.29 is 27.1 Å². The average molecular weight is 399 g/mol. The van der Waals surface area contributed by atoms with E-state index in [1.807, 2.05) is 0 Å². The number of sulfone groups is 1. The molecule has 1 amide bonds. The van der Waals surface area contributed by atoms with Gasteiger partial charge in [-0.25, -0.2) is 8.42 Å². The molecule has 0 aliphatic carbocycles. The number of furan rings is 1. The molecule has 1 aromatic heterocycles. The van der Waals surface area contributed by atoms with Crippen LogP contribution in [0.5, 0.6) is 11.5 Å². The Bertz CT molecular complexity index is 1080. The highest BCUT2D eigenvalue weighted by molar-refractivity contribution is 7.91. The largest absolute Gasteiger partial charge is 0.468 e. The van der Waals surface area contributed by atoms with Crippen molar-refractivity contribution in [3.8, 4) is 11.5 Å². The van der Waals surface area contributed by atoms with Crippen LogP contribution in [0.2, 0.25) is 0 Å². The minimum atomic E-state index is -3.87. The molecule has 0 saturated heterocycles. The number of benzene rings is 2. The van der Waals surface area contributed by atoms with E-state index in [1.54, 1.807) is 48.5 Å². The van der Waals surface area contributed by atoms with Crippen molar-refractivity contribution >= 4 is 15.7 Å². The number of rotatable bonds is 6. The summed E-state index contributed by atoms with van der Waals surface area (Å²) in [7, 11) is -3.87. The van der Waals surface area contributed by atoms with Crippen LogP contribution >= 0.6 is 0 Å². The van der Waals surface area contributed by atoms with E-state index in [0.29, 0.717) is 17.1 Å². The molecule has 8 heteroatoms. The molecule has 7 nitrogen and oxygen atoms in total. The van der Waals surface area contributed by atoms with Crippen molar-refractivity contribution in [2.75, 3.05) is 13.3 Å². The number of fused-ring (bicyclic) bond motifs is 1. The SMILES string of the molecule is O=C(NC[C@@H](c1ccco1)S(=O)(=O)c1ccc2c(c1)OCO2)c1ccccc1. The molecular formula is C20H17NO6S. The molecule has 0 bridgehead atoms. The first-order valence-electron chi connectivity index (χ1n) is 8.56. The summed E-state index contributed by atoms with van der Waals surface area (Å²) in [6.07, 6.45) is 1.40. The zero-order valence-electron chi connectivity index (χ0n) is 14.7. The Morgan fingerprint density at radius 3 is 2.54 bits per heavy atom. The van der Waals surface area contributed by atoms with E-state index in [9.17, 15) is 13.2 Å². The molecule has 0 radical (unpaired) electrons. The van der Waals surface area contributed by atoms with Gasteiger partial charge in [-0.2, -0.15) is 0 Å². The van der Waals surface area contributed by atoms with Gasteiger partial charge in [0.15, 0.2) is 21.3 Å². The lowest BCUT2D eigenvalue weighted by atomic mass is 10.2. The van der Waals surface area contributed by atoms with Gasteiger partial charge in [-0.3, -0.25) is 4.79 Å². The number of ether oxygens (including phenoxy) is 2. The summed E-state index contributed by atoms with van der Waals surface area (Å²) in [4.78, 5) is 12.4. The van der Waals surface area contributed by atoms with Crippen LogP contribution in [0.1, 0.15) is 21.4 Å². The Morgan fingerprint density at radius 2 is 1.79 bits per heavy atom. The predicted molar refractivity (Wildman–Crippen MR) is 100.0 cm³/mol. The van der Waals surface area contributed by atoms with E-state index < -0.39 is 15.1 Å². The van der Waals surface area contributed by atoms with Gasteiger partial charge in [-0.15, -0.1) is 0 Å². The van der Waals surface area contributed by atoms with Crippen molar-refractivity contribution in [3.63, 3.8) is 0 Å². The third kappa shape index (κ3) is 3.46. The maximum absolute atomic E-state index is 13.3. The zero-order chi connectivity index (χ0) is 19.6. The molecule has 3 aromatic rings. The Balaban J connectivity index is 1.62. The van der Waals surface area contributed by atoms with Crippen LogP contribution in [0.15, 0.2) is 76.2 Å². The molecule has 0 unspecified atom stereocenters.